The zero-order valence-electron chi connectivity index (χ0n) is 15.9. The molecule has 0 saturated heterocycles. The molecule has 0 bridgehead atoms. The van der Waals surface area contributed by atoms with E-state index >= 15 is 4.39 Å². The van der Waals surface area contributed by atoms with Gasteiger partial charge in [-0.15, -0.1) is 0 Å². The lowest BCUT2D eigenvalue weighted by Crippen LogP contribution is -2.56. The molecule has 0 aliphatic rings. The highest BCUT2D eigenvalue weighted by Gasteiger charge is 2.39. The van der Waals surface area contributed by atoms with Gasteiger partial charge in [-0.05, 0) is 38.6 Å². The Labute approximate surface area is 145 Å². The number of fused-ring (bicyclic) bond motifs is 1. The Kier molecular flexibility index (Phi) is 5.03. The van der Waals surface area contributed by atoms with Crippen LogP contribution in [0.4, 0.5) is 4.39 Å². The van der Waals surface area contributed by atoms with Crippen LogP contribution in [-0.2, 0) is 14.0 Å². The standard InChI is InChI=1S/C17H28BFNO3Si/c1-17(2,3)24(7,8)20-12-11-13-9-10-14(15(19)16(13)20)18(21-4,22-5)23-6/h9-12H,1-8H3/q-1. The second kappa shape index (κ2) is 6.29. The van der Waals surface area contributed by atoms with Crippen molar-refractivity contribution in [1.29, 1.82) is 0 Å². The van der Waals surface area contributed by atoms with Crippen molar-refractivity contribution in [2.75, 3.05) is 21.3 Å². The monoisotopic (exact) mass is 352 g/mol. The number of halogens is 1. The van der Waals surface area contributed by atoms with Crippen LogP contribution in [0.5, 0.6) is 0 Å². The quantitative estimate of drug-likeness (QED) is 0.769. The summed E-state index contributed by atoms with van der Waals surface area (Å²) in [6.07, 6.45) is 2.00. The lowest BCUT2D eigenvalue weighted by atomic mass is 9.68. The Morgan fingerprint density at radius 3 is 2.00 bits per heavy atom. The Morgan fingerprint density at radius 1 is 1.00 bits per heavy atom. The summed E-state index contributed by atoms with van der Waals surface area (Å²) >= 11 is 0. The van der Waals surface area contributed by atoms with Crippen molar-refractivity contribution >= 4 is 31.4 Å². The van der Waals surface area contributed by atoms with Gasteiger partial charge in [0, 0.05) is 5.39 Å². The largest absolute Gasteiger partial charge is 0.543 e. The van der Waals surface area contributed by atoms with Gasteiger partial charge in [-0.25, -0.2) is 4.39 Å². The van der Waals surface area contributed by atoms with Gasteiger partial charge in [-0.3, -0.25) is 0 Å². The number of nitrogens with zero attached hydrogens (tertiary/aromatic N) is 1. The molecule has 1 aromatic carbocycles. The molecule has 0 saturated carbocycles. The second-order valence-corrected chi connectivity index (χ2v) is 12.9. The summed E-state index contributed by atoms with van der Waals surface area (Å²) in [5.41, 5.74) is 0.894. The maximum absolute atomic E-state index is 15.5. The summed E-state index contributed by atoms with van der Waals surface area (Å²) in [6.45, 7) is 8.82. The average Bonchev–Trinajstić information content (AvgIpc) is 2.95. The van der Waals surface area contributed by atoms with Gasteiger partial charge in [0.1, 0.15) is 5.82 Å². The predicted molar refractivity (Wildman–Crippen MR) is 101 cm³/mol. The van der Waals surface area contributed by atoms with E-state index in [1.165, 1.54) is 21.3 Å². The van der Waals surface area contributed by atoms with Gasteiger partial charge in [-0.1, -0.05) is 51.5 Å². The summed E-state index contributed by atoms with van der Waals surface area (Å²) in [5.74, 6) is -0.340. The van der Waals surface area contributed by atoms with Crippen molar-refractivity contribution in [3.05, 3.63) is 30.2 Å². The van der Waals surface area contributed by atoms with Crippen LogP contribution in [0.15, 0.2) is 24.4 Å². The molecule has 0 spiro atoms. The summed E-state index contributed by atoms with van der Waals surface area (Å²) in [6, 6.07) is 5.54. The van der Waals surface area contributed by atoms with Crippen LogP contribution in [-0.4, -0.2) is 40.6 Å². The van der Waals surface area contributed by atoms with Gasteiger partial charge in [0.05, 0.1) is 5.52 Å². The van der Waals surface area contributed by atoms with Crippen LogP contribution < -0.4 is 5.46 Å². The third-order valence-electron chi connectivity index (χ3n) is 5.57. The lowest BCUT2D eigenvalue weighted by molar-refractivity contribution is 0.139. The third kappa shape index (κ3) is 2.73. The molecule has 1 heterocycles. The summed E-state index contributed by atoms with van der Waals surface area (Å²) in [4.78, 5) is 0. The molecule has 0 aliphatic heterocycles. The minimum atomic E-state index is -2.31. The molecule has 1 aromatic heterocycles. The molecule has 0 N–H and O–H groups in total. The predicted octanol–water partition coefficient (Wildman–Crippen LogP) is 3.72. The van der Waals surface area contributed by atoms with E-state index in [4.69, 9.17) is 14.0 Å². The summed E-state index contributed by atoms with van der Waals surface area (Å²) in [7, 11) is 2.41. The van der Waals surface area contributed by atoms with E-state index < -0.39 is 15.0 Å². The van der Waals surface area contributed by atoms with Gasteiger partial charge in [0.15, 0.2) is 8.24 Å². The topological polar surface area (TPSA) is 32.6 Å². The molecule has 0 unspecified atom stereocenters. The second-order valence-electron chi connectivity index (χ2n) is 7.75. The number of benzene rings is 1. The van der Waals surface area contributed by atoms with E-state index in [0.717, 1.165) is 5.39 Å². The first-order valence-corrected chi connectivity index (χ1v) is 11.1. The molecule has 24 heavy (non-hydrogen) atoms. The number of aromatic nitrogens is 1. The zero-order valence-corrected chi connectivity index (χ0v) is 16.9. The first-order chi connectivity index (χ1) is 11.1. The van der Waals surface area contributed by atoms with E-state index in [1.807, 2.05) is 18.3 Å². The molecular formula is C17H28BFNO3Si-. The minimum Gasteiger partial charge on any atom is -0.543 e. The molecular weight excluding hydrogens is 324 g/mol. The van der Waals surface area contributed by atoms with Crippen molar-refractivity contribution in [3.8, 4) is 0 Å². The normalized spacial score (nSPS) is 13.7. The van der Waals surface area contributed by atoms with E-state index in [-0.39, 0.29) is 10.9 Å². The van der Waals surface area contributed by atoms with Crippen LogP contribution >= 0.6 is 0 Å². The first kappa shape index (κ1) is 19.2. The minimum absolute atomic E-state index is 0.0768. The van der Waals surface area contributed by atoms with Gasteiger partial charge < -0.3 is 18.2 Å². The smallest absolute Gasteiger partial charge is 0.412 e. The van der Waals surface area contributed by atoms with Crippen molar-refractivity contribution in [2.24, 2.45) is 0 Å². The summed E-state index contributed by atoms with van der Waals surface area (Å²) < 4.78 is 33.8. The molecule has 2 aromatic rings. The van der Waals surface area contributed by atoms with Crippen molar-refractivity contribution in [1.82, 2.24) is 4.23 Å². The number of hydrogen-bond acceptors (Lipinski definition) is 3. The first-order valence-electron chi connectivity index (χ1n) is 8.15. The van der Waals surface area contributed by atoms with E-state index in [2.05, 4.69) is 38.1 Å². The fourth-order valence-electron chi connectivity index (χ4n) is 2.97. The van der Waals surface area contributed by atoms with E-state index in [1.54, 1.807) is 6.07 Å². The summed E-state index contributed by atoms with van der Waals surface area (Å²) in [5, 5.41) is 0.946. The molecule has 0 fully saturated rings. The van der Waals surface area contributed by atoms with Crippen molar-refractivity contribution < 1.29 is 18.4 Å². The highest BCUT2D eigenvalue weighted by Crippen LogP contribution is 2.39. The van der Waals surface area contributed by atoms with Crippen LogP contribution in [0.2, 0.25) is 18.1 Å². The highest BCUT2D eigenvalue weighted by molar-refractivity contribution is 6.79. The Bertz CT molecular complexity index is 727. The highest BCUT2D eigenvalue weighted by atomic mass is 28.3. The molecule has 2 rings (SSSR count). The molecule has 0 aliphatic carbocycles. The van der Waals surface area contributed by atoms with Gasteiger partial charge >= 0.3 is 6.75 Å². The lowest BCUT2D eigenvalue weighted by Gasteiger charge is -2.40. The molecule has 134 valence electrons. The zero-order chi connectivity index (χ0) is 18.3. The van der Waals surface area contributed by atoms with Crippen LogP contribution in [0.3, 0.4) is 0 Å². The maximum Gasteiger partial charge on any atom is 0.412 e. The number of rotatable bonds is 5. The Hall–Kier alpha value is -1.15. The van der Waals surface area contributed by atoms with Crippen LogP contribution in [0.1, 0.15) is 20.8 Å². The van der Waals surface area contributed by atoms with Gasteiger partial charge in [0.2, 0.25) is 0 Å². The molecule has 0 atom stereocenters. The Balaban J connectivity index is 2.79. The SMILES string of the molecule is CO[B-](OC)(OC)c1ccc2ccn([Si](C)(C)C(C)(C)C)c2c1F. The van der Waals surface area contributed by atoms with E-state index in [0.29, 0.717) is 11.0 Å². The molecule has 4 nitrogen and oxygen atoms in total. The van der Waals surface area contributed by atoms with Crippen LogP contribution in [0, 0.1) is 5.82 Å². The van der Waals surface area contributed by atoms with Crippen molar-refractivity contribution in [2.45, 2.75) is 38.9 Å². The van der Waals surface area contributed by atoms with Crippen LogP contribution in [0.25, 0.3) is 10.9 Å². The fraction of sp³-hybridized carbons (Fsp3) is 0.529. The number of hydrogen-bond donors (Lipinski definition) is 0. The third-order valence-corrected chi connectivity index (χ3v) is 10.8. The maximum atomic E-state index is 15.5. The van der Waals surface area contributed by atoms with Crippen molar-refractivity contribution in [3.63, 3.8) is 0 Å². The van der Waals surface area contributed by atoms with E-state index in [9.17, 15) is 0 Å². The molecule has 0 radical (unpaired) electrons. The van der Waals surface area contributed by atoms with Gasteiger partial charge in [0.25, 0.3) is 0 Å². The fourth-order valence-corrected chi connectivity index (χ4v) is 4.93. The Morgan fingerprint density at radius 2 is 1.54 bits per heavy atom. The molecule has 7 heteroatoms. The average molecular weight is 352 g/mol. The molecule has 0 amide bonds. The van der Waals surface area contributed by atoms with Gasteiger partial charge in [-0.2, -0.15) is 0 Å².